The van der Waals surface area contributed by atoms with E-state index in [1.54, 1.807) is 29.7 Å². The third kappa shape index (κ3) is 5.80. The lowest BCUT2D eigenvalue weighted by molar-refractivity contribution is -0.116. The molecule has 8 nitrogen and oxygen atoms in total. The second kappa shape index (κ2) is 10.5. The van der Waals surface area contributed by atoms with Crippen LogP contribution >= 0.6 is 23.1 Å². The van der Waals surface area contributed by atoms with E-state index in [9.17, 15) is 14.0 Å². The van der Waals surface area contributed by atoms with Crippen molar-refractivity contribution in [1.29, 1.82) is 0 Å². The van der Waals surface area contributed by atoms with Crippen LogP contribution in [0.2, 0.25) is 0 Å². The summed E-state index contributed by atoms with van der Waals surface area (Å²) < 4.78 is 15.5. The molecule has 3 rings (SSSR count). The quantitative estimate of drug-likeness (QED) is 0.359. The molecule has 0 saturated carbocycles. The molecule has 3 aromatic rings. The normalized spacial score (nSPS) is 11.8. The fourth-order valence-electron chi connectivity index (χ4n) is 2.69. The minimum Gasteiger partial charge on any atom is -0.323 e. The molecule has 0 fully saturated rings. The van der Waals surface area contributed by atoms with Gasteiger partial charge in [0.1, 0.15) is 11.6 Å². The molecule has 2 amide bonds. The van der Waals surface area contributed by atoms with Gasteiger partial charge in [-0.15, -0.1) is 28.1 Å². The summed E-state index contributed by atoms with van der Waals surface area (Å²) in [6, 6.07) is 5.93. The van der Waals surface area contributed by atoms with Crippen LogP contribution in [0.3, 0.4) is 0 Å². The zero-order valence-electron chi connectivity index (χ0n) is 17.9. The third-order valence-corrected chi connectivity index (χ3v) is 6.55. The van der Waals surface area contributed by atoms with Gasteiger partial charge in [-0.25, -0.2) is 9.37 Å². The number of amides is 2. The summed E-state index contributed by atoms with van der Waals surface area (Å²) in [5, 5.41) is 14.1. The van der Waals surface area contributed by atoms with E-state index >= 15 is 0 Å². The summed E-state index contributed by atoms with van der Waals surface area (Å²) in [7, 11) is 0. The van der Waals surface area contributed by atoms with Crippen LogP contribution < -0.4 is 10.6 Å². The number of thioether (sulfide) groups is 1. The van der Waals surface area contributed by atoms with Gasteiger partial charge in [0, 0.05) is 11.4 Å². The van der Waals surface area contributed by atoms with Crippen LogP contribution in [-0.4, -0.2) is 36.8 Å². The van der Waals surface area contributed by atoms with E-state index in [-0.39, 0.29) is 18.0 Å². The average molecular weight is 475 g/mol. The van der Waals surface area contributed by atoms with E-state index in [4.69, 9.17) is 0 Å². The first kappa shape index (κ1) is 23.6. The second-order valence-electron chi connectivity index (χ2n) is 6.91. The van der Waals surface area contributed by atoms with Crippen LogP contribution in [0.5, 0.6) is 0 Å². The first-order valence-corrected chi connectivity index (χ1v) is 11.5. The number of halogens is 1. The molecule has 0 saturated heterocycles. The number of hydrogen-bond donors (Lipinski definition) is 2. The maximum Gasteiger partial charge on any atom is 0.239 e. The van der Waals surface area contributed by atoms with E-state index in [0.717, 1.165) is 10.6 Å². The van der Waals surface area contributed by atoms with E-state index in [1.807, 2.05) is 13.8 Å². The molecule has 32 heavy (non-hydrogen) atoms. The summed E-state index contributed by atoms with van der Waals surface area (Å²) >= 11 is 2.64. The van der Waals surface area contributed by atoms with Crippen LogP contribution in [-0.2, 0) is 22.6 Å². The summed E-state index contributed by atoms with van der Waals surface area (Å²) in [5.41, 5.74) is 0.981. The standard InChI is InChI=1S/C21H23FN6O2S2/c1-5-10-28-17(11-18(29)24-16-9-7-6-8-15(16)22)26-27-21(28)32-14(4)19(30)25-20-23-12(2)13(3)31-20/h5-9,14H,1,10-11H2,2-4H3,(H,24,29)(H,23,25,30). The number of hydrogen-bond acceptors (Lipinski definition) is 7. The number of carbonyl (C=O) groups excluding carboxylic acids is 2. The van der Waals surface area contributed by atoms with Crippen LogP contribution in [0.15, 0.2) is 42.1 Å². The van der Waals surface area contributed by atoms with Crippen LogP contribution in [0.4, 0.5) is 15.2 Å². The minimum absolute atomic E-state index is 0.0971. The fraction of sp³-hybridized carbons (Fsp3) is 0.286. The predicted molar refractivity (Wildman–Crippen MR) is 124 cm³/mol. The van der Waals surface area contributed by atoms with Gasteiger partial charge in [-0.1, -0.05) is 30.0 Å². The van der Waals surface area contributed by atoms with Gasteiger partial charge in [-0.05, 0) is 32.9 Å². The Bertz CT molecular complexity index is 1120. The van der Waals surface area contributed by atoms with Gasteiger partial charge < -0.3 is 15.2 Å². The number of nitrogens with zero attached hydrogens (tertiary/aromatic N) is 4. The van der Waals surface area contributed by atoms with Crippen molar-refractivity contribution in [1.82, 2.24) is 19.7 Å². The van der Waals surface area contributed by atoms with Crippen molar-refractivity contribution in [3.8, 4) is 0 Å². The Hall–Kier alpha value is -3.05. The number of allylic oxidation sites excluding steroid dienone is 1. The van der Waals surface area contributed by atoms with Gasteiger partial charge in [-0.2, -0.15) is 0 Å². The Balaban J connectivity index is 1.68. The lowest BCUT2D eigenvalue weighted by atomic mass is 10.3. The zero-order chi connectivity index (χ0) is 23.3. The van der Waals surface area contributed by atoms with Gasteiger partial charge in [0.05, 0.1) is 23.1 Å². The molecule has 2 heterocycles. The Kier molecular flexibility index (Phi) is 7.75. The first-order chi connectivity index (χ1) is 15.3. The predicted octanol–water partition coefficient (Wildman–Crippen LogP) is 3.98. The van der Waals surface area contributed by atoms with Crippen LogP contribution in [0, 0.1) is 19.7 Å². The molecule has 0 spiro atoms. The van der Waals surface area contributed by atoms with Gasteiger partial charge in [0.15, 0.2) is 10.3 Å². The van der Waals surface area contributed by atoms with Crippen molar-refractivity contribution < 1.29 is 14.0 Å². The van der Waals surface area contributed by atoms with E-state index in [2.05, 4.69) is 32.4 Å². The summed E-state index contributed by atoms with van der Waals surface area (Å²) in [4.78, 5) is 30.4. The number of aryl methyl sites for hydroxylation is 2. The third-order valence-electron chi connectivity index (χ3n) is 4.48. The van der Waals surface area contributed by atoms with Crippen LogP contribution in [0.25, 0.3) is 0 Å². The van der Waals surface area contributed by atoms with E-state index in [1.165, 1.54) is 35.2 Å². The molecular weight excluding hydrogens is 451 g/mol. The lowest BCUT2D eigenvalue weighted by Gasteiger charge is -2.12. The number of benzene rings is 1. The highest BCUT2D eigenvalue weighted by Crippen LogP contribution is 2.26. The molecule has 168 valence electrons. The maximum atomic E-state index is 13.8. The molecule has 1 atom stereocenters. The molecule has 0 radical (unpaired) electrons. The number of para-hydroxylation sites is 1. The summed E-state index contributed by atoms with van der Waals surface area (Å²) in [6.45, 7) is 9.68. The number of aromatic nitrogens is 4. The minimum atomic E-state index is -0.518. The topological polar surface area (TPSA) is 102 Å². The maximum absolute atomic E-state index is 13.8. The molecular formula is C21H23FN6O2S2. The van der Waals surface area contributed by atoms with E-state index in [0.29, 0.717) is 22.7 Å². The van der Waals surface area contributed by atoms with Crippen molar-refractivity contribution in [2.24, 2.45) is 0 Å². The molecule has 0 aliphatic rings. The Labute approximate surface area is 193 Å². The van der Waals surface area contributed by atoms with Gasteiger partial charge in [0.2, 0.25) is 11.8 Å². The monoisotopic (exact) mass is 474 g/mol. The smallest absolute Gasteiger partial charge is 0.239 e. The summed E-state index contributed by atoms with van der Waals surface area (Å²) in [6.07, 6.45) is 1.55. The Morgan fingerprint density at radius 1 is 1.28 bits per heavy atom. The lowest BCUT2D eigenvalue weighted by Crippen LogP contribution is -2.23. The Morgan fingerprint density at radius 2 is 2.03 bits per heavy atom. The van der Waals surface area contributed by atoms with Crippen molar-refractivity contribution >= 4 is 45.7 Å². The highest BCUT2D eigenvalue weighted by molar-refractivity contribution is 8.00. The number of rotatable bonds is 9. The number of carbonyl (C=O) groups is 2. The first-order valence-electron chi connectivity index (χ1n) is 9.77. The molecule has 2 aromatic heterocycles. The molecule has 1 aromatic carbocycles. The molecule has 0 aliphatic heterocycles. The SMILES string of the molecule is C=CCn1c(CC(=O)Nc2ccccc2F)nnc1SC(C)C(=O)Nc1nc(C)c(C)s1. The Morgan fingerprint density at radius 3 is 2.69 bits per heavy atom. The molecule has 11 heteroatoms. The number of anilines is 2. The second-order valence-corrected chi connectivity index (χ2v) is 9.42. The average Bonchev–Trinajstić information content (AvgIpc) is 3.26. The fourth-order valence-corrected chi connectivity index (χ4v) is 4.39. The number of thiazole rings is 1. The molecule has 0 aliphatic carbocycles. The zero-order valence-corrected chi connectivity index (χ0v) is 19.5. The largest absolute Gasteiger partial charge is 0.323 e. The van der Waals surface area contributed by atoms with Gasteiger partial charge in [0.25, 0.3) is 0 Å². The molecule has 1 unspecified atom stereocenters. The van der Waals surface area contributed by atoms with E-state index < -0.39 is 17.0 Å². The van der Waals surface area contributed by atoms with Crippen molar-refractivity contribution in [2.75, 3.05) is 10.6 Å². The van der Waals surface area contributed by atoms with Crippen molar-refractivity contribution in [3.63, 3.8) is 0 Å². The van der Waals surface area contributed by atoms with Crippen LogP contribution in [0.1, 0.15) is 23.3 Å². The molecule has 2 N–H and O–H groups in total. The van der Waals surface area contributed by atoms with Gasteiger partial charge in [-0.3, -0.25) is 9.59 Å². The highest BCUT2D eigenvalue weighted by atomic mass is 32.2. The summed E-state index contributed by atoms with van der Waals surface area (Å²) in [5.74, 6) is -0.768. The highest BCUT2D eigenvalue weighted by Gasteiger charge is 2.22. The molecule has 0 bridgehead atoms. The number of nitrogens with one attached hydrogen (secondary N) is 2. The van der Waals surface area contributed by atoms with Crippen molar-refractivity contribution in [2.45, 2.75) is 44.1 Å². The van der Waals surface area contributed by atoms with Crippen molar-refractivity contribution in [3.05, 3.63) is 59.1 Å². The van der Waals surface area contributed by atoms with Gasteiger partial charge >= 0.3 is 0 Å².